The van der Waals surface area contributed by atoms with E-state index in [1.165, 1.54) is 0 Å². The van der Waals surface area contributed by atoms with Crippen LogP contribution in [0, 0.1) is 0 Å². The van der Waals surface area contributed by atoms with Gasteiger partial charge in [-0.15, -0.1) is 0 Å². The first-order valence-corrected chi connectivity index (χ1v) is 26.1. The van der Waals surface area contributed by atoms with Crippen molar-refractivity contribution in [2.75, 3.05) is 0 Å². The van der Waals surface area contributed by atoms with E-state index in [0.717, 1.165) is 138 Å². The lowest BCUT2D eigenvalue weighted by Crippen LogP contribution is -2.31. The summed E-state index contributed by atoms with van der Waals surface area (Å²) in [6.07, 6.45) is -2.55. The van der Waals surface area contributed by atoms with Gasteiger partial charge >= 0.3 is 71.6 Å². The van der Waals surface area contributed by atoms with E-state index in [1.54, 1.807) is 0 Å². The molecule has 90 heavy (non-hydrogen) atoms. The van der Waals surface area contributed by atoms with Crippen LogP contribution in [0.2, 0.25) is 0 Å². The summed E-state index contributed by atoms with van der Waals surface area (Å²) in [5.74, 6) is -23.6. The molecule has 2 heterocycles. The Morgan fingerprint density at radius 2 is 0.667 bits per heavy atom. The van der Waals surface area contributed by atoms with Gasteiger partial charge in [0, 0.05) is 138 Å². The van der Waals surface area contributed by atoms with Crippen molar-refractivity contribution in [3.8, 4) is 115 Å². The largest absolute Gasteiger partial charge is 0.457 e. The molecular formula is C60H48O30. The van der Waals surface area contributed by atoms with Crippen LogP contribution in [0.5, 0.6) is 115 Å². The van der Waals surface area contributed by atoms with Gasteiger partial charge < -0.3 is 85.3 Å². The Morgan fingerprint density at radius 3 is 1.07 bits per heavy atom. The van der Waals surface area contributed by atoms with Crippen molar-refractivity contribution in [2.45, 2.75) is 95.6 Å². The van der Waals surface area contributed by atoms with E-state index < -0.39 is 193 Å². The zero-order valence-electron chi connectivity index (χ0n) is 49.2. The van der Waals surface area contributed by atoms with Gasteiger partial charge in [0.05, 0.1) is 17.6 Å². The average molecular weight is 1250 g/mol. The topological polar surface area (TPSA) is 371 Å². The first-order chi connectivity index (χ1) is 42.4. The normalized spacial score (nSPS) is 13.1. The van der Waals surface area contributed by atoms with Gasteiger partial charge in [-0.05, 0) is 0 Å². The quantitative estimate of drug-likeness (QED) is 0.0608. The molecule has 1 aliphatic carbocycles. The van der Waals surface area contributed by atoms with E-state index in [4.69, 9.17) is 85.3 Å². The van der Waals surface area contributed by atoms with E-state index >= 15 is 0 Å². The minimum absolute atomic E-state index is 0.235. The summed E-state index contributed by atoms with van der Waals surface area (Å²) in [6.45, 7) is 12.1. The van der Waals surface area contributed by atoms with Gasteiger partial charge in [0.1, 0.15) is 46.4 Å². The third-order valence-corrected chi connectivity index (χ3v) is 11.2. The standard InChI is InChI=1S/C60H48O30/c1-23(61)73-35-13-36(74-24(2)62)16-39(15-35)85-53-44(80-30(8)68)21-46(82-32(10)70)55-59(53)90-52-48(87-55)20-42(78-28(6)66)49(57(52)84-34(12)72)50-41(77-27(5)65)19-43(79-29(7)67)51-58(50)88-56-47(83-33(11)71)22-45(81-31(9)69)54(60(56)89-51)86-40-17-37(75-25(3)63)14-38(18-40)76-26(4)64/h13-18,20-22,41H,19H2,1-12H3. The summed E-state index contributed by atoms with van der Waals surface area (Å²) in [7, 11) is 0. The Hall–Kier alpha value is -12.0. The molecule has 2 aliphatic heterocycles. The van der Waals surface area contributed by atoms with E-state index in [9.17, 15) is 57.5 Å². The molecule has 1 atom stereocenters. The maximum absolute atomic E-state index is 13.6. The molecule has 5 aromatic carbocycles. The maximum atomic E-state index is 13.6. The van der Waals surface area contributed by atoms with Crippen LogP contribution < -0.4 is 75.8 Å². The summed E-state index contributed by atoms with van der Waals surface area (Å²) in [5, 5.41) is 0. The van der Waals surface area contributed by atoms with Crippen molar-refractivity contribution in [3.05, 3.63) is 77.4 Å². The Bertz CT molecular complexity index is 3980. The number of hydrogen-bond acceptors (Lipinski definition) is 30. The zero-order valence-corrected chi connectivity index (χ0v) is 49.2. The number of carbonyl (C=O) groups excluding carboxylic acids is 12. The monoisotopic (exact) mass is 1250 g/mol. The second kappa shape index (κ2) is 26.3. The predicted molar refractivity (Wildman–Crippen MR) is 293 cm³/mol. The summed E-state index contributed by atoms with van der Waals surface area (Å²) >= 11 is 0. The van der Waals surface area contributed by atoms with Crippen LogP contribution in [0.1, 0.15) is 95.1 Å². The summed E-state index contributed by atoms with van der Waals surface area (Å²) in [4.78, 5) is 154. The molecule has 8 rings (SSSR count). The molecule has 0 aromatic heterocycles. The lowest BCUT2D eigenvalue weighted by molar-refractivity contribution is -0.145. The van der Waals surface area contributed by atoms with Crippen molar-refractivity contribution < 1.29 is 143 Å². The van der Waals surface area contributed by atoms with Gasteiger partial charge in [-0.25, -0.2) is 0 Å². The predicted octanol–water partition coefficient (Wildman–Crippen LogP) is 8.71. The maximum Gasteiger partial charge on any atom is 0.308 e. The van der Waals surface area contributed by atoms with Crippen molar-refractivity contribution in [3.63, 3.8) is 0 Å². The van der Waals surface area contributed by atoms with Crippen LogP contribution in [-0.2, 0) is 67.0 Å². The fraction of sp³-hybridized carbons (Fsp3) is 0.233. The molecule has 0 N–H and O–H groups in total. The van der Waals surface area contributed by atoms with Gasteiger partial charge in [-0.1, -0.05) is 0 Å². The molecular weight excluding hydrogens is 1200 g/mol. The van der Waals surface area contributed by atoms with Crippen molar-refractivity contribution in [1.29, 1.82) is 0 Å². The number of esters is 12. The third-order valence-electron chi connectivity index (χ3n) is 11.2. The highest BCUT2D eigenvalue weighted by atomic mass is 16.6. The molecule has 3 aliphatic rings. The second-order valence-corrected chi connectivity index (χ2v) is 18.8. The highest BCUT2D eigenvalue weighted by Crippen LogP contribution is 2.64. The Kier molecular flexibility index (Phi) is 18.7. The summed E-state index contributed by atoms with van der Waals surface area (Å²) < 4.78 is 105. The van der Waals surface area contributed by atoms with Gasteiger partial charge in [-0.2, -0.15) is 0 Å². The zero-order chi connectivity index (χ0) is 65.7. The van der Waals surface area contributed by atoms with E-state index in [2.05, 4.69) is 0 Å². The number of hydrogen-bond donors (Lipinski definition) is 0. The molecule has 0 saturated carbocycles. The molecule has 0 saturated heterocycles. The number of ether oxygens (including phenoxy) is 18. The number of fused-ring (bicyclic) bond motifs is 4. The van der Waals surface area contributed by atoms with Crippen molar-refractivity contribution in [1.82, 2.24) is 0 Å². The molecule has 1 unspecified atom stereocenters. The van der Waals surface area contributed by atoms with Gasteiger partial charge in [0.15, 0.2) is 46.0 Å². The van der Waals surface area contributed by atoms with Gasteiger partial charge in [0.25, 0.3) is 0 Å². The summed E-state index contributed by atoms with van der Waals surface area (Å²) in [5.41, 5.74) is -1.10. The fourth-order valence-electron chi connectivity index (χ4n) is 8.71. The highest BCUT2D eigenvalue weighted by Gasteiger charge is 2.47. The van der Waals surface area contributed by atoms with Gasteiger partial charge in [-0.3, -0.25) is 57.5 Å². The van der Waals surface area contributed by atoms with Gasteiger partial charge in [0.2, 0.25) is 46.0 Å². The second-order valence-electron chi connectivity index (χ2n) is 18.8. The van der Waals surface area contributed by atoms with E-state index in [0.29, 0.717) is 0 Å². The Labute approximate surface area is 506 Å². The van der Waals surface area contributed by atoms with Crippen molar-refractivity contribution in [2.24, 2.45) is 0 Å². The first kappa shape index (κ1) is 64.0. The van der Waals surface area contributed by atoms with Crippen LogP contribution in [-0.4, -0.2) is 77.7 Å². The first-order valence-electron chi connectivity index (χ1n) is 26.1. The molecule has 0 radical (unpaired) electrons. The summed E-state index contributed by atoms with van der Waals surface area (Å²) in [6, 6.07) is 9.78. The third kappa shape index (κ3) is 15.2. The van der Waals surface area contributed by atoms with Crippen LogP contribution >= 0.6 is 0 Å². The van der Waals surface area contributed by atoms with E-state index in [1.807, 2.05) is 0 Å². The number of carbonyl (C=O) groups is 12. The molecule has 468 valence electrons. The molecule has 5 aromatic rings. The number of benzene rings is 5. The Morgan fingerprint density at radius 1 is 0.311 bits per heavy atom. The Balaban J connectivity index is 1.47. The fourth-order valence-corrected chi connectivity index (χ4v) is 8.71. The van der Waals surface area contributed by atoms with Crippen LogP contribution in [0.25, 0.3) is 5.57 Å². The lowest BCUT2D eigenvalue weighted by atomic mass is 9.89. The average Bonchev–Trinajstić information content (AvgIpc) is 0.725. The van der Waals surface area contributed by atoms with E-state index in [-0.39, 0.29) is 34.5 Å². The van der Waals surface area contributed by atoms with Crippen molar-refractivity contribution >= 4 is 77.2 Å². The highest BCUT2D eigenvalue weighted by molar-refractivity contribution is 5.92. The van der Waals surface area contributed by atoms with Crippen LogP contribution in [0.15, 0.2) is 71.9 Å². The molecule has 0 spiro atoms. The number of rotatable bonds is 17. The minimum Gasteiger partial charge on any atom is -0.457 e. The minimum atomic E-state index is -1.82. The lowest BCUT2D eigenvalue weighted by Gasteiger charge is -2.35. The smallest absolute Gasteiger partial charge is 0.308 e. The van der Waals surface area contributed by atoms with Crippen LogP contribution in [0.3, 0.4) is 0 Å². The molecule has 30 heteroatoms. The molecule has 0 amide bonds. The SMILES string of the molecule is CC(=O)OC1=C2Oc3c(c(OC(C)=O)cc(OC(C)=O)c3Oc3cc(OC(C)=O)cc(OC(C)=O)c3)OC2=C(c2c(OC(C)=O)cc3c(c2OC(C)=O)Oc2c(Oc4cc(OC(C)=O)cc(OC(C)=O)c4)c(OC(C)=O)cc(OC(C)=O)c2O3)C(OC(C)=O)C1. The molecule has 0 fully saturated rings. The molecule has 0 bridgehead atoms. The molecule has 30 nitrogen and oxygen atoms in total. The van der Waals surface area contributed by atoms with Crippen LogP contribution in [0.4, 0.5) is 0 Å².